The summed E-state index contributed by atoms with van der Waals surface area (Å²) in [5, 5.41) is 18.6. The van der Waals surface area contributed by atoms with Gasteiger partial charge in [-0.15, -0.1) is 11.3 Å². The Morgan fingerprint density at radius 2 is 2.39 bits per heavy atom. The first kappa shape index (κ1) is 15.6. The van der Waals surface area contributed by atoms with E-state index in [4.69, 9.17) is 5.11 Å². The monoisotopic (exact) mass is 352 g/mol. The summed E-state index contributed by atoms with van der Waals surface area (Å²) in [5.74, 6) is -0.154. The van der Waals surface area contributed by atoms with Crippen LogP contribution in [0.2, 0.25) is 0 Å². The van der Waals surface area contributed by atoms with Crippen molar-refractivity contribution in [3.63, 3.8) is 0 Å². The quantitative estimate of drug-likeness (QED) is 0.430. The number of H-pyrrole nitrogens is 1. The molecule has 0 aliphatic rings. The first-order valence-electron chi connectivity index (χ1n) is 6.56. The van der Waals surface area contributed by atoms with Gasteiger partial charge in [0, 0.05) is 11.6 Å². The molecule has 0 radical (unpaired) electrons. The SMILES string of the molecule is O=C(CSc1nc2c(cnn2CCO)c(=O)[nH]1)Nc1nccs1. The Labute approximate surface area is 137 Å². The zero-order valence-electron chi connectivity index (χ0n) is 11.7. The Morgan fingerprint density at radius 1 is 1.52 bits per heavy atom. The minimum Gasteiger partial charge on any atom is -0.394 e. The second kappa shape index (κ2) is 6.89. The Kier molecular flexibility index (Phi) is 4.69. The second-order valence-electron chi connectivity index (χ2n) is 4.37. The Balaban J connectivity index is 1.73. The number of carbonyl (C=O) groups excluding carboxylic acids is 1. The van der Waals surface area contributed by atoms with Gasteiger partial charge in [-0.05, 0) is 0 Å². The summed E-state index contributed by atoms with van der Waals surface area (Å²) >= 11 is 2.43. The topological polar surface area (TPSA) is 126 Å². The van der Waals surface area contributed by atoms with Crippen LogP contribution in [0.3, 0.4) is 0 Å². The molecule has 3 rings (SSSR count). The molecular formula is C12H12N6O3S2. The van der Waals surface area contributed by atoms with Gasteiger partial charge in [-0.25, -0.2) is 14.6 Å². The summed E-state index contributed by atoms with van der Waals surface area (Å²) < 4.78 is 1.45. The van der Waals surface area contributed by atoms with E-state index in [0.717, 1.165) is 11.8 Å². The summed E-state index contributed by atoms with van der Waals surface area (Å²) in [7, 11) is 0. The molecule has 3 aromatic rings. The largest absolute Gasteiger partial charge is 0.394 e. The molecule has 3 N–H and O–H groups in total. The minimum atomic E-state index is -0.331. The predicted molar refractivity (Wildman–Crippen MR) is 86.7 cm³/mol. The van der Waals surface area contributed by atoms with Gasteiger partial charge in [0.2, 0.25) is 5.91 Å². The number of aliphatic hydroxyl groups is 1. The van der Waals surface area contributed by atoms with Crippen LogP contribution in [-0.4, -0.2) is 48.1 Å². The van der Waals surface area contributed by atoms with Crippen molar-refractivity contribution in [3.05, 3.63) is 28.1 Å². The molecule has 23 heavy (non-hydrogen) atoms. The highest BCUT2D eigenvalue weighted by Gasteiger charge is 2.12. The van der Waals surface area contributed by atoms with Crippen LogP contribution in [0.15, 0.2) is 27.7 Å². The number of amides is 1. The predicted octanol–water partition coefficient (Wildman–Crippen LogP) is 0.299. The number of fused-ring (bicyclic) bond motifs is 1. The number of nitrogens with one attached hydrogen (secondary N) is 2. The van der Waals surface area contributed by atoms with E-state index in [9.17, 15) is 9.59 Å². The van der Waals surface area contributed by atoms with Crippen LogP contribution in [0.1, 0.15) is 0 Å². The number of rotatable bonds is 6. The van der Waals surface area contributed by atoms with Gasteiger partial charge in [-0.3, -0.25) is 9.59 Å². The third-order valence-corrected chi connectivity index (χ3v) is 4.38. The van der Waals surface area contributed by atoms with Gasteiger partial charge >= 0.3 is 0 Å². The Bertz CT molecular complexity index is 873. The fourth-order valence-electron chi connectivity index (χ4n) is 1.85. The van der Waals surface area contributed by atoms with Crippen molar-refractivity contribution in [2.75, 3.05) is 17.7 Å². The van der Waals surface area contributed by atoms with E-state index in [1.807, 2.05) is 0 Å². The van der Waals surface area contributed by atoms with Crippen molar-refractivity contribution in [1.29, 1.82) is 0 Å². The first-order valence-corrected chi connectivity index (χ1v) is 8.42. The number of aromatic amines is 1. The number of anilines is 1. The molecular weight excluding hydrogens is 340 g/mol. The van der Waals surface area contributed by atoms with E-state index in [1.165, 1.54) is 22.2 Å². The number of aromatic nitrogens is 5. The zero-order valence-corrected chi connectivity index (χ0v) is 13.4. The summed E-state index contributed by atoms with van der Waals surface area (Å²) in [5.41, 5.74) is 0.0488. The van der Waals surface area contributed by atoms with Crippen LogP contribution in [0, 0.1) is 0 Å². The lowest BCUT2D eigenvalue weighted by molar-refractivity contribution is -0.113. The van der Waals surface area contributed by atoms with Crippen molar-refractivity contribution in [2.45, 2.75) is 11.7 Å². The smallest absolute Gasteiger partial charge is 0.262 e. The standard InChI is InChI=1S/C12H12N6O3S2/c19-3-2-18-9-7(5-14-18)10(21)17-12(16-9)23-6-8(20)15-11-13-1-4-22-11/h1,4-5,19H,2-3,6H2,(H,13,15,20)(H,16,17,21). The molecule has 0 unspecified atom stereocenters. The summed E-state index contributed by atoms with van der Waals surface area (Å²) in [4.78, 5) is 34.7. The highest BCUT2D eigenvalue weighted by atomic mass is 32.2. The van der Waals surface area contributed by atoms with E-state index >= 15 is 0 Å². The first-order chi connectivity index (χ1) is 11.2. The average molecular weight is 352 g/mol. The van der Waals surface area contributed by atoms with Crippen molar-refractivity contribution in [3.8, 4) is 0 Å². The molecule has 0 fully saturated rings. The molecule has 9 nitrogen and oxygen atoms in total. The fraction of sp³-hybridized carbons (Fsp3) is 0.250. The lowest BCUT2D eigenvalue weighted by Gasteiger charge is -2.03. The van der Waals surface area contributed by atoms with Crippen LogP contribution >= 0.6 is 23.1 Å². The molecule has 120 valence electrons. The lowest BCUT2D eigenvalue weighted by atomic mass is 10.4. The van der Waals surface area contributed by atoms with Crippen LogP contribution in [0.5, 0.6) is 0 Å². The van der Waals surface area contributed by atoms with Gasteiger partial charge in [0.1, 0.15) is 5.39 Å². The highest BCUT2D eigenvalue weighted by Crippen LogP contribution is 2.16. The third kappa shape index (κ3) is 3.57. The summed E-state index contributed by atoms with van der Waals surface area (Å²) in [6.45, 7) is 0.137. The molecule has 0 aliphatic heterocycles. The van der Waals surface area contributed by atoms with Gasteiger partial charge in [0.25, 0.3) is 5.56 Å². The van der Waals surface area contributed by atoms with Gasteiger partial charge < -0.3 is 15.4 Å². The summed E-state index contributed by atoms with van der Waals surface area (Å²) in [6.07, 6.45) is 3.00. The number of thioether (sulfide) groups is 1. The summed E-state index contributed by atoms with van der Waals surface area (Å²) in [6, 6.07) is 0. The van der Waals surface area contributed by atoms with Gasteiger partial charge in [-0.2, -0.15) is 5.10 Å². The van der Waals surface area contributed by atoms with E-state index in [1.54, 1.807) is 11.6 Å². The second-order valence-corrected chi connectivity index (χ2v) is 6.23. The maximum Gasteiger partial charge on any atom is 0.262 e. The molecule has 0 saturated heterocycles. The lowest BCUT2D eigenvalue weighted by Crippen LogP contribution is -2.15. The van der Waals surface area contributed by atoms with Crippen molar-refractivity contribution in [2.24, 2.45) is 0 Å². The fourth-order valence-corrected chi connectivity index (χ4v) is 3.05. The van der Waals surface area contributed by atoms with E-state index < -0.39 is 0 Å². The molecule has 11 heteroatoms. The normalized spacial score (nSPS) is 11.0. The number of hydrogen-bond donors (Lipinski definition) is 3. The number of nitrogens with zero attached hydrogens (tertiary/aromatic N) is 4. The molecule has 0 atom stereocenters. The minimum absolute atomic E-state index is 0.0855. The molecule has 0 aliphatic carbocycles. The van der Waals surface area contributed by atoms with Crippen LogP contribution in [-0.2, 0) is 11.3 Å². The molecule has 0 aromatic carbocycles. The van der Waals surface area contributed by atoms with E-state index in [2.05, 4.69) is 25.4 Å². The maximum atomic E-state index is 12.0. The molecule has 0 saturated carbocycles. The van der Waals surface area contributed by atoms with E-state index in [-0.39, 0.29) is 30.4 Å². The van der Waals surface area contributed by atoms with Gasteiger partial charge in [-0.1, -0.05) is 11.8 Å². The Hall–Kier alpha value is -2.24. The van der Waals surface area contributed by atoms with Crippen LogP contribution in [0.4, 0.5) is 5.13 Å². The molecule has 3 aromatic heterocycles. The number of aliphatic hydroxyl groups excluding tert-OH is 1. The maximum absolute atomic E-state index is 12.0. The highest BCUT2D eigenvalue weighted by molar-refractivity contribution is 7.99. The third-order valence-electron chi connectivity index (χ3n) is 2.81. The van der Waals surface area contributed by atoms with Gasteiger partial charge in [0.05, 0.1) is 25.1 Å². The molecule has 0 bridgehead atoms. The Morgan fingerprint density at radius 3 is 3.13 bits per heavy atom. The van der Waals surface area contributed by atoms with Crippen molar-refractivity contribution < 1.29 is 9.90 Å². The molecule has 1 amide bonds. The zero-order chi connectivity index (χ0) is 16.2. The number of carbonyl (C=O) groups is 1. The van der Waals surface area contributed by atoms with Crippen LogP contribution in [0.25, 0.3) is 11.0 Å². The van der Waals surface area contributed by atoms with Crippen LogP contribution < -0.4 is 10.9 Å². The average Bonchev–Trinajstić information content (AvgIpc) is 3.16. The van der Waals surface area contributed by atoms with Gasteiger partial charge in [0.15, 0.2) is 15.9 Å². The molecule has 0 spiro atoms. The molecule has 3 heterocycles. The number of hydrogen-bond acceptors (Lipinski definition) is 8. The van der Waals surface area contributed by atoms with E-state index in [0.29, 0.717) is 21.3 Å². The van der Waals surface area contributed by atoms with Crippen molar-refractivity contribution in [1.82, 2.24) is 24.7 Å². The number of thiazole rings is 1. The van der Waals surface area contributed by atoms with Crippen molar-refractivity contribution >= 4 is 45.2 Å².